The number of nitrogens with zero attached hydrogens (tertiary/aromatic N) is 1. The summed E-state index contributed by atoms with van der Waals surface area (Å²) >= 11 is 0. The number of rotatable bonds is 2. The average molecular weight is 128 g/mol. The summed E-state index contributed by atoms with van der Waals surface area (Å²) in [5.41, 5.74) is 0.768. The van der Waals surface area contributed by atoms with Gasteiger partial charge in [0.1, 0.15) is 0 Å². The SMILES string of the molecule is C=C(C)C=C(O)N(C)N. The van der Waals surface area contributed by atoms with E-state index in [1.807, 2.05) is 0 Å². The van der Waals surface area contributed by atoms with E-state index in [0.29, 0.717) is 0 Å². The summed E-state index contributed by atoms with van der Waals surface area (Å²) in [5, 5.41) is 10.0. The van der Waals surface area contributed by atoms with Crippen molar-refractivity contribution in [2.75, 3.05) is 7.05 Å². The van der Waals surface area contributed by atoms with Gasteiger partial charge >= 0.3 is 0 Å². The summed E-state index contributed by atoms with van der Waals surface area (Å²) in [4.78, 5) is 0. The topological polar surface area (TPSA) is 49.5 Å². The summed E-state index contributed by atoms with van der Waals surface area (Å²) in [6.45, 7) is 5.34. The van der Waals surface area contributed by atoms with Gasteiger partial charge in [0.2, 0.25) is 5.88 Å². The zero-order chi connectivity index (χ0) is 7.44. The molecule has 0 aromatic rings. The van der Waals surface area contributed by atoms with Gasteiger partial charge in [-0.25, -0.2) is 5.84 Å². The Morgan fingerprint density at radius 2 is 2.22 bits per heavy atom. The maximum Gasteiger partial charge on any atom is 0.201 e. The van der Waals surface area contributed by atoms with Crippen LogP contribution in [0.4, 0.5) is 0 Å². The minimum atomic E-state index is 0.0162. The number of hydrogen-bond acceptors (Lipinski definition) is 3. The molecule has 0 saturated carbocycles. The van der Waals surface area contributed by atoms with Crippen LogP contribution in [-0.2, 0) is 0 Å². The van der Waals surface area contributed by atoms with Crippen LogP contribution in [0.15, 0.2) is 24.1 Å². The van der Waals surface area contributed by atoms with Crippen LogP contribution < -0.4 is 5.84 Å². The number of aliphatic hydroxyl groups excluding tert-OH is 1. The Bertz CT molecular complexity index is 138. The number of nitrogens with two attached hydrogens (primary N) is 1. The molecule has 0 aromatic carbocycles. The molecule has 3 nitrogen and oxygen atoms in total. The van der Waals surface area contributed by atoms with Crippen molar-refractivity contribution in [3.05, 3.63) is 24.1 Å². The van der Waals surface area contributed by atoms with Crippen LogP contribution in [0.1, 0.15) is 6.92 Å². The summed E-state index contributed by atoms with van der Waals surface area (Å²) in [5.74, 6) is 5.17. The molecule has 0 radical (unpaired) electrons. The van der Waals surface area contributed by atoms with E-state index in [9.17, 15) is 0 Å². The predicted molar refractivity (Wildman–Crippen MR) is 37.5 cm³/mol. The van der Waals surface area contributed by atoms with Crippen LogP contribution in [0.25, 0.3) is 0 Å². The van der Waals surface area contributed by atoms with Gasteiger partial charge in [0.15, 0.2) is 0 Å². The van der Waals surface area contributed by atoms with Crippen molar-refractivity contribution in [3.63, 3.8) is 0 Å². The maximum atomic E-state index is 8.90. The van der Waals surface area contributed by atoms with E-state index in [0.717, 1.165) is 10.6 Å². The minimum absolute atomic E-state index is 0.0162. The van der Waals surface area contributed by atoms with Crippen molar-refractivity contribution in [1.82, 2.24) is 5.01 Å². The fourth-order valence-corrected chi connectivity index (χ4v) is 0.322. The van der Waals surface area contributed by atoms with E-state index < -0.39 is 0 Å². The normalized spacial score (nSPS) is 11.2. The Morgan fingerprint density at radius 1 is 1.78 bits per heavy atom. The van der Waals surface area contributed by atoms with Crippen LogP contribution in [0.2, 0.25) is 0 Å². The third kappa shape index (κ3) is 3.61. The summed E-state index contributed by atoms with van der Waals surface area (Å²) < 4.78 is 0. The summed E-state index contributed by atoms with van der Waals surface area (Å²) in [6.07, 6.45) is 1.49. The van der Waals surface area contributed by atoms with Crippen LogP contribution in [0.5, 0.6) is 0 Å². The molecule has 0 aliphatic heterocycles. The largest absolute Gasteiger partial charge is 0.494 e. The molecule has 3 heteroatoms. The molecule has 52 valence electrons. The third-order valence-corrected chi connectivity index (χ3v) is 0.737. The van der Waals surface area contributed by atoms with Crippen LogP contribution in [0, 0.1) is 0 Å². The smallest absolute Gasteiger partial charge is 0.201 e. The van der Waals surface area contributed by atoms with Crippen molar-refractivity contribution < 1.29 is 5.11 Å². The van der Waals surface area contributed by atoms with Crippen molar-refractivity contribution in [3.8, 4) is 0 Å². The first kappa shape index (κ1) is 8.04. The summed E-state index contributed by atoms with van der Waals surface area (Å²) in [6, 6.07) is 0. The highest BCUT2D eigenvalue weighted by Crippen LogP contribution is 1.95. The van der Waals surface area contributed by atoms with Gasteiger partial charge in [0, 0.05) is 13.1 Å². The molecule has 0 spiro atoms. The van der Waals surface area contributed by atoms with E-state index >= 15 is 0 Å². The van der Waals surface area contributed by atoms with Gasteiger partial charge in [-0.2, -0.15) is 0 Å². The highest BCUT2D eigenvalue weighted by molar-refractivity contribution is 5.12. The molecule has 0 rings (SSSR count). The zero-order valence-electron chi connectivity index (χ0n) is 5.76. The van der Waals surface area contributed by atoms with E-state index in [1.54, 1.807) is 14.0 Å². The fraction of sp³-hybridized carbons (Fsp3) is 0.333. The molecular weight excluding hydrogens is 116 g/mol. The van der Waals surface area contributed by atoms with E-state index in [4.69, 9.17) is 10.9 Å². The number of hydrogen-bond donors (Lipinski definition) is 2. The van der Waals surface area contributed by atoms with Gasteiger partial charge in [-0.1, -0.05) is 12.2 Å². The molecule has 0 unspecified atom stereocenters. The van der Waals surface area contributed by atoms with Crippen LogP contribution in [0.3, 0.4) is 0 Å². The molecule has 0 saturated heterocycles. The molecule has 0 amide bonds. The standard InChI is InChI=1S/C6H12N2O/c1-5(2)4-6(9)8(3)7/h4,9H,1,7H2,2-3H3. The number of allylic oxidation sites excluding steroid dienone is 2. The molecule has 0 atom stereocenters. The molecular formula is C6H12N2O. The van der Waals surface area contributed by atoms with Crippen molar-refractivity contribution in [1.29, 1.82) is 0 Å². The Morgan fingerprint density at radius 3 is 2.33 bits per heavy atom. The third-order valence-electron chi connectivity index (χ3n) is 0.737. The fourth-order valence-electron chi connectivity index (χ4n) is 0.322. The molecule has 0 fully saturated rings. The lowest BCUT2D eigenvalue weighted by molar-refractivity contribution is 0.237. The van der Waals surface area contributed by atoms with E-state index in [1.165, 1.54) is 6.08 Å². The van der Waals surface area contributed by atoms with E-state index in [2.05, 4.69) is 6.58 Å². The molecule has 9 heavy (non-hydrogen) atoms. The molecule has 0 heterocycles. The van der Waals surface area contributed by atoms with Crippen molar-refractivity contribution in [2.45, 2.75) is 6.92 Å². The Balaban J connectivity index is 4.00. The van der Waals surface area contributed by atoms with Gasteiger partial charge in [0.05, 0.1) is 0 Å². The average Bonchev–Trinajstić information content (AvgIpc) is 1.63. The second kappa shape index (κ2) is 3.14. The van der Waals surface area contributed by atoms with Gasteiger partial charge < -0.3 is 5.11 Å². The monoisotopic (exact) mass is 128 g/mol. The molecule has 0 aromatic heterocycles. The Labute approximate surface area is 55.0 Å². The van der Waals surface area contributed by atoms with Gasteiger partial charge in [0.25, 0.3) is 0 Å². The first-order valence-corrected chi connectivity index (χ1v) is 2.58. The van der Waals surface area contributed by atoms with Crippen LogP contribution in [-0.4, -0.2) is 17.2 Å². The highest BCUT2D eigenvalue weighted by Gasteiger charge is 1.92. The lowest BCUT2D eigenvalue weighted by Gasteiger charge is -2.08. The second-order valence-electron chi connectivity index (χ2n) is 1.96. The lowest BCUT2D eigenvalue weighted by atomic mass is 10.3. The number of hydrazine groups is 1. The second-order valence-corrected chi connectivity index (χ2v) is 1.96. The predicted octanol–water partition coefficient (Wildman–Crippen LogP) is 0.767. The van der Waals surface area contributed by atoms with Gasteiger partial charge in [-0.3, -0.25) is 5.01 Å². The molecule has 0 aliphatic rings. The van der Waals surface area contributed by atoms with Gasteiger partial charge in [-0.15, -0.1) is 0 Å². The molecule has 0 aliphatic carbocycles. The number of aliphatic hydroxyl groups is 1. The van der Waals surface area contributed by atoms with Gasteiger partial charge in [-0.05, 0) is 6.92 Å². The quantitative estimate of drug-likeness (QED) is 0.250. The van der Waals surface area contributed by atoms with Crippen molar-refractivity contribution in [2.24, 2.45) is 5.84 Å². The van der Waals surface area contributed by atoms with Crippen LogP contribution >= 0.6 is 0 Å². The molecule has 0 bridgehead atoms. The minimum Gasteiger partial charge on any atom is -0.494 e. The Kier molecular flexibility index (Phi) is 2.81. The first-order chi connectivity index (χ1) is 4.04. The Hall–Kier alpha value is -0.960. The summed E-state index contributed by atoms with van der Waals surface area (Å²) in [7, 11) is 1.55. The van der Waals surface area contributed by atoms with E-state index in [-0.39, 0.29) is 5.88 Å². The highest BCUT2D eigenvalue weighted by atomic mass is 16.3. The first-order valence-electron chi connectivity index (χ1n) is 2.58. The molecule has 3 N–H and O–H groups in total. The maximum absolute atomic E-state index is 8.90. The lowest BCUT2D eigenvalue weighted by Crippen LogP contribution is -2.24. The van der Waals surface area contributed by atoms with Crippen molar-refractivity contribution >= 4 is 0 Å². The zero-order valence-corrected chi connectivity index (χ0v) is 5.76.